The number of hydrogen-bond acceptors (Lipinski definition) is 6. The number of ether oxygens (including phenoxy) is 4. The highest BCUT2D eigenvalue weighted by atomic mass is 16.6. The van der Waals surface area contributed by atoms with Crippen molar-refractivity contribution in [2.75, 3.05) is 33.4 Å². The predicted octanol–water partition coefficient (Wildman–Crippen LogP) is 2.41. The molecule has 0 spiro atoms. The molecule has 0 aromatic heterocycles. The number of esters is 1. The van der Waals surface area contributed by atoms with E-state index in [0.717, 1.165) is 38.8 Å². The fourth-order valence-electron chi connectivity index (χ4n) is 3.22. The second kappa shape index (κ2) is 8.29. The van der Waals surface area contributed by atoms with Crippen molar-refractivity contribution in [3.05, 3.63) is 17.7 Å². The third-order valence-corrected chi connectivity index (χ3v) is 4.61. The Labute approximate surface area is 153 Å². The average Bonchev–Trinajstić information content (AvgIpc) is 2.95. The van der Waals surface area contributed by atoms with Gasteiger partial charge in [-0.15, -0.1) is 0 Å². The van der Waals surface area contributed by atoms with E-state index in [1.54, 1.807) is 24.0 Å². The van der Waals surface area contributed by atoms with E-state index in [2.05, 4.69) is 0 Å². The molecule has 0 bridgehead atoms. The quantitative estimate of drug-likeness (QED) is 0.765. The van der Waals surface area contributed by atoms with Crippen molar-refractivity contribution in [3.63, 3.8) is 0 Å². The molecule has 0 unspecified atom stereocenters. The lowest BCUT2D eigenvalue weighted by Crippen LogP contribution is -2.40. The zero-order chi connectivity index (χ0) is 18.5. The lowest BCUT2D eigenvalue weighted by molar-refractivity contribution is -0.139. The maximum atomic E-state index is 12.6. The van der Waals surface area contributed by atoms with Gasteiger partial charge in [0.1, 0.15) is 13.2 Å². The molecular formula is C19H25NO6. The second-order valence-electron chi connectivity index (χ2n) is 6.49. The van der Waals surface area contributed by atoms with Gasteiger partial charge < -0.3 is 23.8 Å². The normalized spacial score (nSPS) is 17.8. The van der Waals surface area contributed by atoms with Gasteiger partial charge in [0.2, 0.25) is 5.75 Å². The highest BCUT2D eigenvalue weighted by Crippen LogP contribution is 2.40. The monoisotopic (exact) mass is 363 g/mol. The van der Waals surface area contributed by atoms with Crippen LogP contribution in [0.4, 0.5) is 0 Å². The van der Waals surface area contributed by atoms with Crippen molar-refractivity contribution >= 4 is 11.9 Å². The largest absolute Gasteiger partial charge is 0.493 e. The molecule has 0 radical (unpaired) electrons. The predicted molar refractivity (Wildman–Crippen MR) is 93.9 cm³/mol. The van der Waals surface area contributed by atoms with Crippen molar-refractivity contribution < 1.29 is 28.5 Å². The van der Waals surface area contributed by atoms with E-state index in [0.29, 0.717) is 30.5 Å². The van der Waals surface area contributed by atoms with Gasteiger partial charge in [0, 0.05) is 13.1 Å². The van der Waals surface area contributed by atoms with Gasteiger partial charge in [-0.05, 0) is 31.9 Å². The van der Waals surface area contributed by atoms with E-state index in [1.807, 2.05) is 0 Å². The van der Waals surface area contributed by atoms with Crippen molar-refractivity contribution in [1.82, 2.24) is 4.90 Å². The van der Waals surface area contributed by atoms with E-state index >= 15 is 0 Å². The lowest BCUT2D eigenvalue weighted by atomic mass is 10.1. The van der Waals surface area contributed by atoms with Crippen molar-refractivity contribution in [2.24, 2.45) is 0 Å². The molecule has 2 aliphatic rings. The van der Waals surface area contributed by atoms with Crippen LogP contribution in [0.25, 0.3) is 0 Å². The average molecular weight is 363 g/mol. The molecule has 1 amide bonds. The van der Waals surface area contributed by atoms with Crippen LogP contribution >= 0.6 is 0 Å². The summed E-state index contributed by atoms with van der Waals surface area (Å²) in [5.41, 5.74) is 0.265. The van der Waals surface area contributed by atoms with Gasteiger partial charge in [0.05, 0.1) is 12.7 Å². The minimum atomic E-state index is -0.834. The number of rotatable bonds is 4. The van der Waals surface area contributed by atoms with Crippen LogP contribution in [0.1, 0.15) is 43.0 Å². The number of carbonyl (C=O) groups excluding carboxylic acids is 2. The number of hydrogen-bond donors (Lipinski definition) is 0. The first-order valence-electron chi connectivity index (χ1n) is 9.07. The SMILES string of the molecule is COc1cc(C(=O)O[C@H](C)C(=O)N2CCCCCC2)cc2c1OCCO2. The summed E-state index contributed by atoms with van der Waals surface area (Å²) in [4.78, 5) is 26.9. The first kappa shape index (κ1) is 18.4. The summed E-state index contributed by atoms with van der Waals surface area (Å²) < 4.78 is 21.7. The maximum Gasteiger partial charge on any atom is 0.339 e. The van der Waals surface area contributed by atoms with Gasteiger partial charge in [0.15, 0.2) is 17.6 Å². The van der Waals surface area contributed by atoms with Crippen LogP contribution < -0.4 is 14.2 Å². The minimum Gasteiger partial charge on any atom is -0.493 e. The number of methoxy groups -OCH3 is 1. The van der Waals surface area contributed by atoms with Crippen LogP contribution in [-0.2, 0) is 9.53 Å². The summed E-state index contributed by atoms with van der Waals surface area (Å²) in [7, 11) is 1.49. The van der Waals surface area contributed by atoms with Crippen LogP contribution in [-0.4, -0.2) is 56.3 Å². The van der Waals surface area contributed by atoms with Gasteiger partial charge in [-0.25, -0.2) is 4.79 Å². The Morgan fingerprint density at radius 3 is 2.46 bits per heavy atom. The van der Waals surface area contributed by atoms with Gasteiger partial charge in [0.25, 0.3) is 5.91 Å². The molecule has 1 aromatic rings. The van der Waals surface area contributed by atoms with Crippen LogP contribution in [0.5, 0.6) is 17.2 Å². The Bertz CT molecular complexity index is 649. The standard InChI is InChI=1S/C19H25NO6/c1-13(18(21)20-7-5-3-4-6-8-20)26-19(22)14-11-15(23-2)17-16(12-14)24-9-10-25-17/h11-13H,3-10H2,1-2H3/t13-/m1/s1. The van der Waals surface area contributed by atoms with Gasteiger partial charge in [-0.3, -0.25) is 4.79 Å². The molecule has 1 atom stereocenters. The zero-order valence-electron chi connectivity index (χ0n) is 15.3. The molecule has 142 valence electrons. The Kier molecular flexibility index (Phi) is 5.85. The topological polar surface area (TPSA) is 74.3 Å². The Hall–Kier alpha value is -2.44. The molecule has 2 heterocycles. The van der Waals surface area contributed by atoms with E-state index < -0.39 is 12.1 Å². The number of likely N-dealkylation sites (tertiary alicyclic amines) is 1. The molecule has 0 N–H and O–H groups in total. The summed E-state index contributed by atoms with van der Waals surface area (Å²) in [5, 5.41) is 0. The molecule has 1 aromatic carbocycles. The third kappa shape index (κ3) is 4.03. The summed E-state index contributed by atoms with van der Waals surface area (Å²) in [6.45, 7) is 3.88. The first-order valence-corrected chi connectivity index (χ1v) is 9.07. The van der Waals surface area contributed by atoms with Crippen LogP contribution in [0.2, 0.25) is 0 Å². The smallest absolute Gasteiger partial charge is 0.339 e. The lowest BCUT2D eigenvalue weighted by Gasteiger charge is -2.24. The molecule has 3 rings (SSSR count). The van der Waals surface area contributed by atoms with Gasteiger partial charge in [-0.1, -0.05) is 12.8 Å². The third-order valence-electron chi connectivity index (χ3n) is 4.61. The van der Waals surface area contributed by atoms with Crippen molar-refractivity contribution in [1.29, 1.82) is 0 Å². The van der Waals surface area contributed by atoms with Gasteiger partial charge in [-0.2, -0.15) is 0 Å². The molecule has 7 heteroatoms. The van der Waals surface area contributed by atoms with Crippen LogP contribution in [0, 0.1) is 0 Å². The maximum absolute atomic E-state index is 12.6. The molecular weight excluding hydrogens is 338 g/mol. The number of fused-ring (bicyclic) bond motifs is 1. The fourth-order valence-corrected chi connectivity index (χ4v) is 3.22. The Morgan fingerprint density at radius 1 is 1.08 bits per heavy atom. The fraction of sp³-hybridized carbons (Fsp3) is 0.579. The number of carbonyl (C=O) groups is 2. The molecule has 0 aliphatic carbocycles. The molecule has 1 saturated heterocycles. The van der Waals surface area contributed by atoms with Crippen LogP contribution in [0.3, 0.4) is 0 Å². The highest BCUT2D eigenvalue weighted by Gasteiger charge is 2.27. The summed E-state index contributed by atoms with van der Waals surface area (Å²) in [6.07, 6.45) is 3.42. The summed E-state index contributed by atoms with van der Waals surface area (Å²) in [5.74, 6) is 0.583. The van der Waals surface area contributed by atoms with E-state index in [1.165, 1.54) is 7.11 Å². The van der Waals surface area contributed by atoms with Gasteiger partial charge >= 0.3 is 5.97 Å². The number of benzene rings is 1. The summed E-state index contributed by atoms with van der Waals surface area (Å²) >= 11 is 0. The molecule has 7 nitrogen and oxygen atoms in total. The zero-order valence-corrected chi connectivity index (χ0v) is 15.3. The molecule has 2 aliphatic heterocycles. The highest BCUT2D eigenvalue weighted by molar-refractivity contribution is 5.93. The van der Waals surface area contributed by atoms with Crippen molar-refractivity contribution in [3.8, 4) is 17.2 Å². The summed E-state index contributed by atoms with van der Waals surface area (Å²) in [6, 6.07) is 3.10. The first-order chi connectivity index (χ1) is 12.6. The Morgan fingerprint density at radius 2 is 1.77 bits per heavy atom. The molecule has 26 heavy (non-hydrogen) atoms. The van der Waals surface area contributed by atoms with E-state index in [-0.39, 0.29) is 11.5 Å². The van der Waals surface area contributed by atoms with E-state index in [9.17, 15) is 9.59 Å². The van der Waals surface area contributed by atoms with Crippen molar-refractivity contribution in [2.45, 2.75) is 38.7 Å². The molecule has 0 saturated carbocycles. The molecule has 1 fully saturated rings. The van der Waals surface area contributed by atoms with E-state index in [4.69, 9.17) is 18.9 Å². The second-order valence-corrected chi connectivity index (χ2v) is 6.49. The minimum absolute atomic E-state index is 0.148. The number of amides is 1. The number of nitrogens with zero attached hydrogens (tertiary/aromatic N) is 1. The van der Waals surface area contributed by atoms with Crippen LogP contribution in [0.15, 0.2) is 12.1 Å². The Balaban J connectivity index is 1.70.